The van der Waals surface area contributed by atoms with Crippen LogP contribution in [0.15, 0.2) is 94.9 Å². The number of thioether (sulfide) groups is 1. The standard InChI is InChI=1S/C30H23N3OS2/c1-18-13-15-21(16-14-18)23-17-22(20-10-5-4-6-11-20)25-26-27(36-28(25)31-23)29(34)33(30(32-26)35-3)24-12-8-7-9-19(24)2/h4-17H,1-3H3. The molecule has 0 unspecified atom stereocenters. The highest BCUT2D eigenvalue weighted by Crippen LogP contribution is 2.40. The quantitative estimate of drug-likeness (QED) is 0.182. The van der Waals surface area contributed by atoms with E-state index in [1.807, 2.05) is 55.6 Å². The molecule has 0 fully saturated rings. The molecule has 6 rings (SSSR count). The monoisotopic (exact) mass is 505 g/mol. The van der Waals surface area contributed by atoms with Gasteiger partial charge < -0.3 is 0 Å². The largest absolute Gasteiger partial charge is 0.276 e. The molecule has 0 bridgehead atoms. The van der Waals surface area contributed by atoms with E-state index < -0.39 is 0 Å². The maximum atomic E-state index is 14.0. The number of hydrogen-bond acceptors (Lipinski definition) is 5. The van der Waals surface area contributed by atoms with Gasteiger partial charge in [-0.15, -0.1) is 11.3 Å². The average Bonchev–Trinajstić information content (AvgIpc) is 3.28. The zero-order valence-corrected chi connectivity index (χ0v) is 21.8. The van der Waals surface area contributed by atoms with Gasteiger partial charge in [0.15, 0.2) is 5.16 Å². The van der Waals surface area contributed by atoms with E-state index in [0.717, 1.165) is 49.4 Å². The van der Waals surface area contributed by atoms with E-state index in [-0.39, 0.29) is 5.56 Å². The van der Waals surface area contributed by atoms with Crippen molar-refractivity contribution < 1.29 is 0 Å². The van der Waals surface area contributed by atoms with Crippen molar-refractivity contribution in [2.45, 2.75) is 19.0 Å². The van der Waals surface area contributed by atoms with Gasteiger partial charge in [-0.2, -0.15) is 0 Å². The van der Waals surface area contributed by atoms with Gasteiger partial charge in [0, 0.05) is 10.9 Å². The van der Waals surface area contributed by atoms with Gasteiger partial charge in [0.05, 0.1) is 16.9 Å². The number of aryl methyl sites for hydroxylation is 2. The summed E-state index contributed by atoms with van der Waals surface area (Å²) in [5.74, 6) is 0. The lowest BCUT2D eigenvalue weighted by Crippen LogP contribution is -2.21. The molecule has 0 aliphatic heterocycles. The fourth-order valence-electron chi connectivity index (χ4n) is 4.55. The third-order valence-corrected chi connectivity index (χ3v) is 8.10. The molecule has 0 aliphatic rings. The highest BCUT2D eigenvalue weighted by Gasteiger charge is 2.21. The van der Waals surface area contributed by atoms with E-state index >= 15 is 0 Å². The zero-order valence-electron chi connectivity index (χ0n) is 20.1. The summed E-state index contributed by atoms with van der Waals surface area (Å²) in [6, 6.07) is 28.7. The van der Waals surface area contributed by atoms with Crippen molar-refractivity contribution >= 4 is 43.5 Å². The van der Waals surface area contributed by atoms with Crippen molar-refractivity contribution in [1.29, 1.82) is 0 Å². The van der Waals surface area contributed by atoms with Crippen LogP contribution in [0.4, 0.5) is 0 Å². The van der Waals surface area contributed by atoms with E-state index in [4.69, 9.17) is 9.97 Å². The molecule has 0 amide bonds. The van der Waals surface area contributed by atoms with Gasteiger partial charge in [0.2, 0.25) is 0 Å². The summed E-state index contributed by atoms with van der Waals surface area (Å²) < 4.78 is 2.36. The molecule has 0 N–H and O–H groups in total. The second-order valence-corrected chi connectivity index (χ2v) is 10.5. The van der Waals surface area contributed by atoms with Crippen molar-refractivity contribution in [3.05, 3.63) is 106 Å². The summed E-state index contributed by atoms with van der Waals surface area (Å²) in [5.41, 5.74) is 7.80. The minimum Gasteiger partial charge on any atom is -0.267 e. The fourth-order valence-corrected chi connectivity index (χ4v) is 6.17. The Morgan fingerprint density at radius 1 is 0.833 bits per heavy atom. The fraction of sp³-hybridized carbons (Fsp3) is 0.100. The van der Waals surface area contributed by atoms with E-state index in [9.17, 15) is 4.79 Å². The molecule has 0 saturated heterocycles. The number of aromatic nitrogens is 3. The molecular weight excluding hydrogens is 482 g/mol. The first-order valence-electron chi connectivity index (χ1n) is 11.7. The lowest BCUT2D eigenvalue weighted by atomic mass is 9.99. The smallest absolute Gasteiger partial charge is 0.267 e. The highest BCUT2D eigenvalue weighted by atomic mass is 32.2. The third kappa shape index (κ3) is 3.74. The van der Waals surface area contributed by atoms with Crippen LogP contribution < -0.4 is 5.56 Å². The number of pyridine rings is 1. The van der Waals surface area contributed by atoms with Crippen molar-refractivity contribution in [1.82, 2.24) is 14.5 Å². The molecule has 3 aromatic heterocycles. The van der Waals surface area contributed by atoms with Gasteiger partial charge in [0.1, 0.15) is 9.53 Å². The molecule has 0 radical (unpaired) electrons. The van der Waals surface area contributed by atoms with Crippen molar-refractivity contribution in [2.24, 2.45) is 0 Å². The van der Waals surface area contributed by atoms with Gasteiger partial charge in [0.25, 0.3) is 5.56 Å². The summed E-state index contributed by atoms with van der Waals surface area (Å²) in [7, 11) is 0. The first kappa shape index (κ1) is 22.7. The van der Waals surface area contributed by atoms with Crippen LogP contribution in [-0.4, -0.2) is 20.8 Å². The maximum absolute atomic E-state index is 14.0. The Kier molecular flexibility index (Phi) is 5.70. The summed E-state index contributed by atoms with van der Waals surface area (Å²) in [5, 5.41) is 1.60. The number of nitrogens with zero attached hydrogens (tertiary/aromatic N) is 3. The van der Waals surface area contributed by atoms with Crippen LogP contribution >= 0.6 is 23.1 Å². The Bertz CT molecular complexity index is 1800. The Labute approximate surface area is 217 Å². The molecule has 4 nitrogen and oxygen atoms in total. The van der Waals surface area contributed by atoms with Crippen LogP contribution in [0.3, 0.4) is 0 Å². The second-order valence-electron chi connectivity index (χ2n) is 8.77. The maximum Gasteiger partial charge on any atom is 0.276 e. The molecule has 0 spiro atoms. The highest BCUT2D eigenvalue weighted by molar-refractivity contribution is 7.98. The number of thiophene rings is 1. The molecule has 0 atom stereocenters. The van der Waals surface area contributed by atoms with Crippen LogP contribution in [0.1, 0.15) is 11.1 Å². The first-order valence-corrected chi connectivity index (χ1v) is 13.7. The minimum absolute atomic E-state index is 0.0578. The molecule has 6 aromatic rings. The topological polar surface area (TPSA) is 47.8 Å². The molecule has 0 aliphatic carbocycles. The van der Waals surface area contributed by atoms with Crippen LogP contribution in [0.2, 0.25) is 0 Å². The van der Waals surface area contributed by atoms with Gasteiger partial charge >= 0.3 is 0 Å². The number of para-hydroxylation sites is 1. The number of hydrogen-bond donors (Lipinski definition) is 0. The summed E-state index contributed by atoms with van der Waals surface area (Å²) in [6.07, 6.45) is 1.96. The van der Waals surface area contributed by atoms with Crippen LogP contribution in [0.25, 0.3) is 48.5 Å². The normalized spacial score (nSPS) is 11.4. The number of rotatable bonds is 4. The molecule has 0 saturated carbocycles. The van der Waals surface area contributed by atoms with E-state index in [2.05, 4.69) is 49.4 Å². The van der Waals surface area contributed by atoms with Gasteiger partial charge in [-0.05, 0) is 48.9 Å². The molecule has 3 aromatic carbocycles. The molecular formula is C30H23N3OS2. The molecule has 6 heteroatoms. The number of fused-ring (bicyclic) bond motifs is 3. The van der Waals surface area contributed by atoms with Gasteiger partial charge in [-0.25, -0.2) is 9.97 Å². The molecule has 36 heavy (non-hydrogen) atoms. The van der Waals surface area contributed by atoms with E-state index in [0.29, 0.717) is 9.86 Å². The predicted molar refractivity (Wildman–Crippen MR) is 153 cm³/mol. The van der Waals surface area contributed by atoms with Crippen molar-refractivity contribution in [2.75, 3.05) is 6.26 Å². The van der Waals surface area contributed by atoms with Crippen LogP contribution in [0, 0.1) is 13.8 Å². The van der Waals surface area contributed by atoms with Crippen LogP contribution in [-0.2, 0) is 0 Å². The van der Waals surface area contributed by atoms with Crippen molar-refractivity contribution in [3.63, 3.8) is 0 Å². The SMILES string of the molecule is CSc1nc2c(sc3nc(-c4ccc(C)cc4)cc(-c4ccccc4)c32)c(=O)n1-c1ccccc1C. The third-order valence-electron chi connectivity index (χ3n) is 6.40. The van der Waals surface area contributed by atoms with E-state index in [1.165, 1.54) is 28.7 Å². The van der Waals surface area contributed by atoms with Gasteiger partial charge in [-0.3, -0.25) is 9.36 Å². The predicted octanol–water partition coefficient (Wildman–Crippen LogP) is 7.67. The zero-order chi connectivity index (χ0) is 24.8. The molecule has 3 heterocycles. The summed E-state index contributed by atoms with van der Waals surface area (Å²) in [6.45, 7) is 4.10. The Morgan fingerprint density at radius 2 is 1.56 bits per heavy atom. The van der Waals surface area contributed by atoms with Crippen LogP contribution in [0.5, 0.6) is 0 Å². The second kappa shape index (κ2) is 9.04. The molecule has 176 valence electrons. The number of benzene rings is 3. The minimum atomic E-state index is -0.0578. The lowest BCUT2D eigenvalue weighted by molar-refractivity contribution is 0.819. The van der Waals surface area contributed by atoms with E-state index in [1.54, 1.807) is 4.57 Å². The van der Waals surface area contributed by atoms with Crippen molar-refractivity contribution in [3.8, 4) is 28.1 Å². The Hall–Kier alpha value is -3.74. The summed E-state index contributed by atoms with van der Waals surface area (Å²) >= 11 is 2.91. The van der Waals surface area contributed by atoms with Gasteiger partial charge in [-0.1, -0.05) is 90.1 Å². The summed E-state index contributed by atoms with van der Waals surface area (Å²) in [4.78, 5) is 24.9. The lowest BCUT2D eigenvalue weighted by Gasteiger charge is -2.13. The Morgan fingerprint density at radius 3 is 2.28 bits per heavy atom. The Balaban J connectivity index is 1.72. The average molecular weight is 506 g/mol. The first-order chi connectivity index (χ1) is 17.5.